The van der Waals surface area contributed by atoms with Gasteiger partial charge in [0, 0.05) is 29.3 Å². The topological polar surface area (TPSA) is 125 Å². The Bertz CT molecular complexity index is 1140. The molecule has 0 radical (unpaired) electrons. The molecule has 0 unspecified atom stereocenters. The number of nitro groups is 1. The maximum absolute atomic E-state index is 12.7. The number of anilines is 4. The molecule has 0 aliphatic rings. The summed E-state index contributed by atoms with van der Waals surface area (Å²) < 4.78 is 0. The van der Waals surface area contributed by atoms with Gasteiger partial charge in [-0.3, -0.25) is 14.9 Å². The van der Waals surface area contributed by atoms with Crippen LogP contribution in [0.3, 0.4) is 0 Å². The summed E-state index contributed by atoms with van der Waals surface area (Å²) in [5.74, 6) is -0.761. The van der Waals surface area contributed by atoms with E-state index in [2.05, 4.69) is 5.32 Å². The molecule has 0 atom stereocenters. The van der Waals surface area contributed by atoms with Crippen molar-refractivity contribution in [2.75, 3.05) is 16.0 Å². The molecule has 148 valence electrons. The van der Waals surface area contributed by atoms with Gasteiger partial charge in [-0.05, 0) is 42.5 Å². The van der Waals surface area contributed by atoms with Gasteiger partial charge in [-0.15, -0.1) is 0 Å². The fourth-order valence-corrected chi connectivity index (χ4v) is 2.72. The van der Waals surface area contributed by atoms with Crippen molar-refractivity contribution in [3.63, 3.8) is 0 Å². The predicted molar refractivity (Wildman–Crippen MR) is 115 cm³/mol. The SMILES string of the molecule is N#C/C(=C/N(c1ccccc1)c1ccc(N)cc1)C(=O)Nc1ccccc1[N+](=O)[O-]. The average molecular weight is 399 g/mol. The summed E-state index contributed by atoms with van der Waals surface area (Å²) in [5, 5.41) is 23.2. The number of carbonyl (C=O) groups is 1. The monoisotopic (exact) mass is 399 g/mol. The third-order valence-electron chi connectivity index (χ3n) is 4.18. The van der Waals surface area contributed by atoms with Crippen molar-refractivity contribution >= 4 is 34.3 Å². The van der Waals surface area contributed by atoms with Gasteiger partial charge in [0.05, 0.1) is 4.92 Å². The van der Waals surface area contributed by atoms with E-state index in [-0.39, 0.29) is 16.9 Å². The van der Waals surface area contributed by atoms with E-state index in [9.17, 15) is 20.2 Å². The lowest BCUT2D eigenvalue weighted by Gasteiger charge is -2.21. The summed E-state index contributed by atoms with van der Waals surface area (Å²) in [5.41, 5.74) is 7.25. The predicted octanol–water partition coefficient (Wildman–Crippen LogP) is 4.36. The van der Waals surface area contributed by atoms with Gasteiger partial charge < -0.3 is 16.0 Å². The number of nitrogens with two attached hydrogens (primary N) is 1. The van der Waals surface area contributed by atoms with Crippen molar-refractivity contribution in [1.29, 1.82) is 5.26 Å². The zero-order valence-electron chi connectivity index (χ0n) is 15.7. The molecule has 0 aromatic heterocycles. The molecule has 3 rings (SSSR count). The second-order valence-electron chi connectivity index (χ2n) is 6.18. The first-order valence-electron chi connectivity index (χ1n) is 8.86. The van der Waals surface area contributed by atoms with E-state index in [4.69, 9.17) is 5.73 Å². The van der Waals surface area contributed by atoms with Gasteiger partial charge >= 0.3 is 0 Å². The Labute approximate surface area is 172 Å². The first-order valence-corrected chi connectivity index (χ1v) is 8.86. The van der Waals surface area contributed by atoms with Gasteiger partial charge in [0.25, 0.3) is 11.6 Å². The van der Waals surface area contributed by atoms with Crippen LogP contribution < -0.4 is 16.0 Å². The van der Waals surface area contributed by atoms with Crippen molar-refractivity contribution in [2.24, 2.45) is 0 Å². The van der Waals surface area contributed by atoms with E-state index < -0.39 is 10.8 Å². The standard InChI is InChI=1S/C22H17N5O3/c23-14-16(22(28)25-20-8-4-5-9-21(20)27(29)30)15-26(18-6-2-1-3-7-18)19-12-10-17(24)11-13-19/h1-13,15H,24H2,(H,25,28)/b16-15-. The van der Waals surface area contributed by atoms with Gasteiger partial charge in [0.2, 0.25) is 0 Å². The van der Waals surface area contributed by atoms with E-state index in [0.29, 0.717) is 17.1 Å². The lowest BCUT2D eigenvalue weighted by Crippen LogP contribution is -2.18. The van der Waals surface area contributed by atoms with Crippen LogP contribution in [-0.4, -0.2) is 10.8 Å². The first-order chi connectivity index (χ1) is 14.5. The minimum atomic E-state index is -0.761. The fraction of sp³-hybridized carbons (Fsp3) is 0. The molecule has 0 bridgehead atoms. The van der Waals surface area contributed by atoms with E-state index in [1.165, 1.54) is 24.4 Å². The maximum Gasteiger partial charge on any atom is 0.292 e. The molecule has 0 aliphatic carbocycles. The molecule has 30 heavy (non-hydrogen) atoms. The number of nitro benzene ring substituents is 1. The Morgan fingerprint density at radius 2 is 1.60 bits per heavy atom. The Balaban J connectivity index is 1.98. The number of rotatable bonds is 6. The summed E-state index contributed by atoms with van der Waals surface area (Å²) in [6.45, 7) is 0. The second-order valence-corrected chi connectivity index (χ2v) is 6.18. The average Bonchev–Trinajstić information content (AvgIpc) is 2.76. The quantitative estimate of drug-likeness (QED) is 0.208. The number of para-hydroxylation sites is 3. The number of nitrogen functional groups attached to an aromatic ring is 1. The largest absolute Gasteiger partial charge is 0.399 e. The van der Waals surface area contributed by atoms with E-state index in [1.54, 1.807) is 35.2 Å². The zero-order chi connectivity index (χ0) is 21.5. The molecule has 3 aromatic carbocycles. The lowest BCUT2D eigenvalue weighted by molar-refractivity contribution is -0.383. The number of carbonyl (C=O) groups excluding carboxylic acids is 1. The summed E-state index contributed by atoms with van der Waals surface area (Å²) in [6, 6.07) is 23.7. The van der Waals surface area contributed by atoms with Crippen molar-refractivity contribution in [1.82, 2.24) is 0 Å². The van der Waals surface area contributed by atoms with Crippen molar-refractivity contribution in [2.45, 2.75) is 0 Å². The highest BCUT2D eigenvalue weighted by atomic mass is 16.6. The fourth-order valence-electron chi connectivity index (χ4n) is 2.72. The number of hydrogen-bond donors (Lipinski definition) is 2. The third kappa shape index (κ3) is 4.61. The van der Waals surface area contributed by atoms with Crippen molar-refractivity contribution < 1.29 is 9.72 Å². The normalized spacial score (nSPS) is 10.7. The van der Waals surface area contributed by atoms with Crippen LogP contribution in [0.4, 0.5) is 28.4 Å². The lowest BCUT2D eigenvalue weighted by atomic mass is 10.2. The molecule has 0 fully saturated rings. The van der Waals surface area contributed by atoms with Gasteiger partial charge in [-0.2, -0.15) is 5.26 Å². The molecule has 1 amide bonds. The number of amides is 1. The number of nitrogens with zero attached hydrogens (tertiary/aromatic N) is 3. The van der Waals surface area contributed by atoms with Gasteiger partial charge in [-0.1, -0.05) is 30.3 Å². The molecule has 8 heteroatoms. The smallest absolute Gasteiger partial charge is 0.292 e. The van der Waals surface area contributed by atoms with Gasteiger partial charge in [-0.25, -0.2) is 0 Å². The molecule has 8 nitrogen and oxygen atoms in total. The Morgan fingerprint density at radius 3 is 2.23 bits per heavy atom. The number of nitrogens with one attached hydrogen (secondary N) is 1. The zero-order valence-corrected chi connectivity index (χ0v) is 15.7. The molecule has 3 aromatic rings. The van der Waals surface area contributed by atoms with Crippen molar-refractivity contribution in [3.05, 3.63) is 101 Å². The van der Waals surface area contributed by atoms with Crippen LogP contribution in [0.1, 0.15) is 0 Å². The van der Waals surface area contributed by atoms with Crippen LogP contribution in [0, 0.1) is 21.4 Å². The third-order valence-corrected chi connectivity index (χ3v) is 4.18. The van der Waals surface area contributed by atoms with Crippen LogP contribution in [0.5, 0.6) is 0 Å². The van der Waals surface area contributed by atoms with Crippen LogP contribution in [0.15, 0.2) is 90.6 Å². The number of hydrogen-bond acceptors (Lipinski definition) is 6. The summed E-state index contributed by atoms with van der Waals surface area (Å²) in [6.07, 6.45) is 1.38. The first kappa shape index (κ1) is 20.1. The molecule has 0 spiro atoms. The Kier molecular flexibility index (Phi) is 6.05. The van der Waals surface area contributed by atoms with E-state index >= 15 is 0 Å². The highest BCUT2D eigenvalue weighted by Crippen LogP contribution is 2.28. The molecule has 0 heterocycles. The maximum atomic E-state index is 12.7. The summed E-state index contributed by atoms with van der Waals surface area (Å²) >= 11 is 0. The summed E-state index contributed by atoms with van der Waals surface area (Å²) in [4.78, 5) is 24.9. The molecule has 0 aliphatic heterocycles. The Hall–Kier alpha value is -4.64. The van der Waals surface area contributed by atoms with E-state index in [0.717, 1.165) is 0 Å². The molecule has 0 saturated carbocycles. The van der Waals surface area contributed by atoms with Crippen molar-refractivity contribution in [3.8, 4) is 6.07 Å². The number of nitriles is 1. The van der Waals surface area contributed by atoms with Crippen LogP contribution in [0.25, 0.3) is 0 Å². The number of benzene rings is 3. The minimum Gasteiger partial charge on any atom is -0.399 e. The highest BCUT2D eigenvalue weighted by Gasteiger charge is 2.19. The van der Waals surface area contributed by atoms with Gasteiger partial charge in [0.1, 0.15) is 17.3 Å². The molecule has 3 N–H and O–H groups in total. The molecular weight excluding hydrogens is 382 g/mol. The van der Waals surface area contributed by atoms with Gasteiger partial charge in [0.15, 0.2) is 0 Å². The molecule has 0 saturated heterocycles. The highest BCUT2D eigenvalue weighted by molar-refractivity contribution is 6.08. The van der Waals surface area contributed by atoms with Crippen LogP contribution in [0.2, 0.25) is 0 Å². The minimum absolute atomic E-state index is 0.00685. The second kappa shape index (κ2) is 9.03. The molecular formula is C22H17N5O3. The van der Waals surface area contributed by atoms with Crippen LogP contribution in [-0.2, 0) is 4.79 Å². The van der Waals surface area contributed by atoms with Crippen LogP contribution >= 0.6 is 0 Å². The Morgan fingerprint density at radius 1 is 1.00 bits per heavy atom. The van der Waals surface area contributed by atoms with E-state index in [1.807, 2.05) is 36.4 Å². The summed E-state index contributed by atoms with van der Waals surface area (Å²) in [7, 11) is 0.